The van der Waals surface area contributed by atoms with Gasteiger partial charge >= 0.3 is 0 Å². The zero-order chi connectivity index (χ0) is 20.1. The van der Waals surface area contributed by atoms with Crippen molar-refractivity contribution in [2.24, 2.45) is 46.3 Å². The number of carbonyl (C=O) groups is 1. The lowest BCUT2D eigenvalue weighted by atomic mass is 9.47. The van der Waals surface area contributed by atoms with E-state index in [4.69, 9.17) is 0 Å². The van der Waals surface area contributed by atoms with Gasteiger partial charge in [-0.3, -0.25) is 4.79 Å². The normalized spacial score (nSPS) is 43.9. The van der Waals surface area contributed by atoms with Crippen LogP contribution in [-0.2, 0) is 4.79 Å². The first-order valence-corrected chi connectivity index (χ1v) is 12.5. The van der Waals surface area contributed by atoms with Gasteiger partial charge in [-0.25, -0.2) is 0 Å². The smallest absolute Gasteiger partial charge is 0.133 e. The number of fused-ring (bicyclic) bond motifs is 5. The molecule has 4 aliphatic carbocycles. The number of carbonyl (C=O) groups excluding carboxylic acids is 1. The monoisotopic (exact) mass is 384 g/mol. The summed E-state index contributed by atoms with van der Waals surface area (Å²) in [5.41, 5.74) is 2.78. The van der Waals surface area contributed by atoms with Gasteiger partial charge in [0.2, 0.25) is 0 Å². The van der Waals surface area contributed by atoms with Crippen LogP contribution in [0.3, 0.4) is 0 Å². The molecule has 3 saturated carbocycles. The lowest BCUT2D eigenvalue weighted by molar-refractivity contribution is -0.127. The molecule has 1 heteroatoms. The zero-order valence-electron chi connectivity index (χ0n) is 19.2. The third-order valence-electron chi connectivity index (χ3n) is 10.1. The van der Waals surface area contributed by atoms with Crippen LogP contribution in [0.1, 0.15) is 105 Å². The molecular weight excluding hydrogens is 340 g/mol. The molecule has 0 aromatic rings. The second-order valence-electron chi connectivity index (χ2n) is 12.0. The molecule has 0 aliphatic heterocycles. The minimum atomic E-state index is 0.403. The molecule has 0 unspecified atom stereocenters. The van der Waals surface area contributed by atoms with Crippen molar-refractivity contribution in [3.05, 3.63) is 11.6 Å². The average molecular weight is 385 g/mol. The molecule has 28 heavy (non-hydrogen) atoms. The highest BCUT2D eigenvalue weighted by Gasteiger charge is 2.58. The molecule has 0 radical (unpaired) electrons. The number of hydrogen-bond donors (Lipinski definition) is 0. The first-order chi connectivity index (χ1) is 13.3. The number of allylic oxidation sites excluding steroid dienone is 2. The van der Waals surface area contributed by atoms with Crippen molar-refractivity contribution in [2.45, 2.75) is 105 Å². The van der Waals surface area contributed by atoms with Gasteiger partial charge in [0.1, 0.15) is 5.78 Å². The van der Waals surface area contributed by atoms with Gasteiger partial charge in [-0.05, 0) is 84.9 Å². The molecule has 0 aromatic heterocycles. The van der Waals surface area contributed by atoms with E-state index < -0.39 is 0 Å². The van der Waals surface area contributed by atoms with Gasteiger partial charge in [0.05, 0.1) is 0 Å². The fourth-order valence-electron chi connectivity index (χ4n) is 8.33. The van der Waals surface area contributed by atoms with Crippen molar-refractivity contribution in [3.8, 4) is 0 Å². The van der Waals surface area contributed by atoms with Gasteiger partial charge in [0.15, 0.2) is 0 Å². The molecule has 1 nitrogen and oxygen atoms in total. The minimum absolute atomic E-state index is 0.403. The van der Waals surface area contributed by atoms with Crippen LogP contribution in [0.15, 0.2) is 11.6 Å². The summed E-state index contributed by atoms with van der Waals surface area (Å²) >= 11 is 0. The van der Waals surface area contributed by atoms with Crippen LogP contribution >= 0.6 is 0 Å². The van der Waals surface area contributed by atoms with Crippen LogP contribution in [0.4, 0.5) is 0 Å². The van der Waals surface area contributed by atoms with Crippen LogP contribution in [0.5, 0.6) is 0 Å². The summed E-state index contributed by atoms with van der Waals surface area (Å²) in [5, 5.41) is 0. The summed E-state index contributed by atoms with van der Waals surface area (Å²) in [6, 6.07) is 0. The molecule has 4 rings (SSSR count). The minimum Gasteiger partial charge on any atom is -0.300 e. The van der Waals surface area contributed by atoms with Crippen molar-refractivity contribution in [1.82, 2.24) is 0 Å². The van der Waals surface area contributed by atoms with E-state index in [1.807, 2.05) is 5.57 Å². The second kappa shape index (κ2) is 7.59. The highest BCUT2D eigenvalue weighted by Crippen LogP contribution is 2.66. The van der Waals surface area contributed by atoms with Gasteiger partial charge in [-0.2, -0.15) is 0 Å². The average Bonchev–Trinajstić information content (AvgIpc) is 2.99. The van der Waals surface area contributed by atoms with Gasteiger partial charge in [0.25, 0.3) is 0 Å². The highest BCUT2D eigenvalue weighted by molar-refractivity contribution is 5.79. The van der Waals surface area contributed by atoms with Crippen molar-refractivity contribution < 1.29 is 4.79 Å². The maximum Gasteiger partial charge on any atom is 0.133 e. The Labute approximate surface area is 174 Å². The lowest BCUT2D eigenvalue weighted by Crippen LogP contribution is -2.49. The Morgan fingerprint density at radius 1 is 1.00 bits per heavy atom. The molecule has 158 valence electrons. The van der Waals surface area contributed by atoms with E-state index in [2.05, 4.69) is 40.7 Å². The van der Waals surface area contributed by atoms with E-state index in [0.717, 1.165) is 48.9 Å². The molecular formula is C27H44O. The van der Waals surface area contributed by atoms with Gasteiger partial charge in [0, 0.05) is 12.8 Å². The lowest BCUT2D eigenvalue weighted by Gasteiger charge is -2.57. The standard InChI is InChI=1S/C27H44O/c1-18(2)7-6-8-19(3)23-11-12-24-22-10-9-20-17-21(28)13-15-26(20,4)25(22)14-16-27(23,24)5/h10,18-20,23-25H,6-9,11-17H2,1-5H3/t19-,20-,23-,24-,25-,26+,27-/m1/s1. The van der Waals surface area contributed by atoms with Crippen LogP contribution < -0.4 is 0 Å². The summed E-state index contributed by atoms with van der Waals surface area (Å²) in [6.45, 7) is 12.5. The molecule has 0 aromatic carbocycles. The number of ketones is 1. The van der Waals surface area contributed by atoms with Crippen LogP contribution in [0.25, 0.3) is 0 Å². The number of rotatable bonds is 5. The van der Waals surface area contributed by atoms with Crippen LogP contribution in [0.2, 0.25) is 0 Å². The molecule has 0 heterocycles. The Balaban J connectivity index is 1.51. The predicted molar refractivity (Wildman–Crippen MR) is 118 cm³/mol. The molecule has 0 spiro atoms. The SMILES string of the molecule is CC(C)CCC[C@@H](C)[C@H]1CC[C@@H]2C3=CC[C@@H]4CC(=O)CC[C@]4(C)[C@@H]3CC[C@@]21C. The third-order valence-corrected chi connectivity index (χ3v) is 10.1. The van der Waals surface area contributed by atoms with Gasteiger partial charge in [-0.15, -0.1) is 0 Å². The Hall–Kier alpha value is -0.590. The second-order valence-corrected chi connectivity index (χ2v) is 12.0. The molecule has 0 saturated heterocycles. The quantitative estimate of drug-likeness (QED) is 0.446. The van der Waals surface area contributed by atoms with E-state index in [9.17, 15) is 4.79 Å². The fourth-order valence-corrected chi connectivity index (χ4v) is 8.33. The summed E-state index contributed by atoms with van der Waals surface area (Å²) < 4.78 is 0. The molecule has 0 N–H and O–H groups in total. The highest BCUT2D eigenvalue weighted by atomic mass is 16.1. The molecule has 3 fully saturated rings. The summed E-state index contributed by atoms with van der Waals surface area (Å²) in [5.74, 6) is 5.40. The van der Waals surface area contributed by atoms with Crippen LogP contribution in [0, 0.1) is 46.3 Å². The van der Waals surface area contributed by atoms with Crippen molar-refractivity contribution >= 4 is 5.78 Å². The molecule has 4 aliphatic rings. The van der Waals surface area contributed by atoms with Gasteiger partial charge in [-0.1, -0.05) is 65.5 Å². The maximum atomic E-state index is 12.1. The van der Waals surface area contributed by atoms with E-state index in [-0.39, 0.29) is 0 Å². The largest absolute Gasteiger partial charge is 0.300 e. The van der Waals surface area contributed by atoms with E-state index in [1.165, 1.54) is 51.4 Å². The summed E-state index contributed by atoms with van der Waals surface area (Å²) in [6.07, 6.45) is 16.6. The maximum absolute atomic E-state index is 12.1. The van der Waals surface area contributed by atoms with E-state index in [1.54, 1.807) is 0 Å². The Morgan fingerprint density at radius 2 is 1.75 bits per heavy atom. The van der Waals surface area contributed by atoms with Gasteiger partial charge < -0.3 is 0 Å². The first-order valence-electron chi connectivity index (χ1n) is 12.5. The van der Waals surface area contributed by atoms with Crippen molar-refractivity contribution in [2.75, 3.05) is 0 Å². The van der Waals surface area contributed by atoms with E-state index >= 15 is 0 Å². The Morgan fingerprint density at radius 3 is 2.50 bits per heavy atom. The molecule has 0 amide bonds. The molecule has 7 atom stereocenters. The number of Topliss-reactive ketones (excluding diaryl/α,β-unsaturated/α-hetero) is 1. The predicted octanol–water partition coefficient (Wildman–Crippen LogP) is 7.60. The van der Waals surface area contributed by atoms with E-state index in [0.29, 0.717) is 22.5 Å². The Kier molecular flexibility index (Phi) is 5.60. The fraction of sp³-hybridized carbons (Fsp3) is 0.889. The molecule has 0 bridgehead atoms. The van der Waals surface area contributed by atoms with Crippen molar-refractivity contribution in [1.29, 1.82) is 0 Å². The van der Waals surface area contributed by atoms with Crippen LogP contribution in [-0.4, -0.2) is 5.78 Å². The summed E-state index contributed by atoms with van der Waals surface area (Å²) in [7, 11) is 0. The topological polar surface area (TPSA) is 17.1 Å². The van der Waals surface area contributed by atoms with Crippen molar-refractivity contribution in [3.63, 3.8) is 0 Å². The third kappa shape index (κ3) is 3.33. The zero-order valence-corrected chi connectivity index (χ0v) is 19.2. The Bertz CT molecular complexity index is 630. The summed E-state index contributed by atoms with van der Waals surface area (Å²) in [4.78, 5) is 12.1. The number of hydrogen-bond acceptors (Lipinski definition) is 1. The first kappa shape index (κ1) is 20.7.